The Morgan fingerprint density at radius 2 is 1.67 bits per heavy atom. The van der Waals surface area contributed by atoms with Crippen molar-refractivity contribution in [2.75, 3.05) is 0 Å². The van der Waals surface area contributed by atoms with Crippen molar-refractivity contribution in [1.29, 1.82) is 0 Å². The lowest BCUT2D eigenvalue weighted by atomic mass is 9.43. The Morgan fingerprint density at radius 3 is 2.17 bits per heavy atom. The molecule has 0 bridgehead atoms. The number of aliphatic hydroxyl groups excluding tert-OH is 1. The maximum absolute atomic E-state index is 14.0. The van der Waals surface area contributed by atoms with Crippen molar-refractivity contribution < 1.29 is 19.8 Å². The van der Waals surface area contributed by atoms with Crippen LogP contribution in [-0.4, -0.2) is 27.4 Å². The van der Waals surface area contributed by atoms with Crippen LogP contribution in [0, 0.1) is 29.6 Å². The molecule has 42 heavy (non-hydrogen) atoms. The van der Waals surface area contributed by atoms with E-state index in [2.05, 4.69) is 46.4 Å². The van der Waals surface area contributed by atoms with Crippen molar-refractivity contribution in [2.24, 2.45) is 22.7 Å². The zero-order valence-corrected chi connectivity index (χ0v) is 28.7. The Labute approximate surface area is 256 Å². The minimum atomic E-state index is -2.15. The largest absolute Gasteiger partial charge is 0.508 e. The first-order valence-electron chi connectivity index (χ1n) is 16.5. The smallest absolute Gasteiger partial charge is 0.206 e. The SMILES string of the molecule is C=C1C2=C(O)[C@]3(O)C(=O)C(C(C)=O)=C(C)C(C)[C@]3(CC)C[C@]2(C)Cc2c(CCC(CC)CC)ccc(C)c21.CC.CC. The highest BCUT2D eigenvalue weighted by Gasteiger charge is 2.69. The summed E-state index contributed by atoms with van der Waals surface area (Å²) in [7, 11) is 0. The quantitative estimate of drug-likeness (QED) is 0.316. The van der Waals surface area contributed by atoms with Gasteiger partial charge in [-0.3, -0.25) is 9.59 Å². The van der Waals surface area contributed by atoms with E-state index in [1.54, 1.807) is 0 Å². The normalized spacial score (nSPS) is 28.3. The Balaban J connectivity index is 0.00000148. The van der Waals surface area contributed by atoms with E-state index < -0.39 is 22.2 Å². The molecule has 0 spiro atoms. The molecule has 3 aliphatic rings. The number of fused-ring (bicyclic) bond motifs is 3. The second kappa shape index (κ2) is 13.5. The molecule has 0 aromatic heterocycles. The third-order valence-corrected chi connectivity index (χ3v) is 10.8. The van der Waals surface area contributed by atoms with Crippen LogP contribution in [0.3, 0.4) is 0 Å². The van der Waals surface area contributed by atoms with Crippen molar-refractivity contribution >= 4 is 17.1 Å². The topological polar surface area (TPSA) is 74.6 Å². The van der Waals surface area contributed by atoms with E-state index in [1.165, 1.54) is 30.9 Å². The van der Waals surface area contributed by atoms with E-state index in [9.17, 15) is 19.8 Å². The molecule has 0 saturated carbocycles. The summed E-state index contributed by atoms with van der Waals surface area (Å²) in [6, 6.07) is 4.39. The minimum Gasteiger partial charge on any atom is -0.508 e. The molecule has 4 nitrogen and oxygen atoms in total. The van der Waals surface area contributed by atoms with Gasteiger partial charge in [0.15, 0.2) is 11.4 Å². The number of Topliss-reactive ketones (excluding diaryl/α,β-unsaturated/α-hetero) is 2. The standard InChI is InChI=1S/C34H46O4.2C2H6/c1-10-24(11-2)14-16-25-15-13-19(4)27-21(6)29-31(37)34(38)30(36)28(23(8)35)20(5)22(7)33(34,12-3)18-32(29,9)17-26(25)27;2*1-2/h13,15,22,24,37-38H,6,10-12,14,16-18H2,1-5,7-9H3;2*1-2H3/t22?,32-,33-,34+;;/m0../s1. The van der Waals surface area contributed by atoms with Gasteiger partial charge in [-0.25, -0.2) is 0 Å². The number of hydrogen-bond donors (Lipinski definition) is 2. The molecule has 1 unspecified atom stereocenters. The minimum absolute atomic E-state index is 0.0292. The molecule has 2 N–H and O–H groups in total. The van der Waals surface area contributed by atoms with Crippen LogP contribution in [0.15, 0.2) is 41.2 Å². The monoisotopic (exact) mass is 578 g/mol. The highest BCUT2D eigenvalue weighted by molar-refractivity contribution is 6.24. The summed E-state index contributed by atoms with van der Waals surface area (Å²) in [5.41, 5.74) is 3.20. The van der Waals surface area contributed by atoms with Gasteiger partial charge in [-0.15, -0.1) is 0 Å². The molecule has 1 aromatic carbocycles. The predicted octanol–water partition coefficient (Wildman–Crippen LogP) is 9.46. The number of aliphatic hydroxyl groups is 2. The molecule has 1 aromatic rings. The summed E-state index contributed by atoms with van der Waals surface area (Å²) in [4.78, 5) is 26.5. The van der Waals surface area contributed by atoms with E-state index in [-0.39, 0.29) is 23.0 Å². The van der Waals surface area contributed by atoms with E-state index in [0.717, 1.165) is 30.4 Å². The van der Waals surface area contributed by atoms with Crippen LogP contribution < -0.4 is 0 Å². The molecule has 3 aliphatic carbocycles. The van der Waals surface area contributed by atoms with E-state index in [4.69, 9.17) is 0 Å². The fourth-order valence-electron chi connectivity index (χ4n) is 8.42. The molecule has 0 heterocycles. The van der Waals surface area contributed by atoms with Gasteiger partial charge in [0.05, 0.1) is 5.57 Å². The Kier molecular flexibility index (Phi) is 11.4. The molecule has 0 radical (unpaired) electrons. The lowest BCUT2D eigenvalue weighted by molar-refractivity contribution is -0.168. The first kappa shape index (κ1) is 35.7. The van der Waals surface area contributed by atoms with Gasteiger partial charge in [-0.05, 0) is 92.5 Å². The van der Waals surface area contributed by atoms with Crippen molar-refractivity contribution in [3.05, 3.63) is 63.4 Å². The summed E-state index contributed by atoms with van der Waals surface area (Å²) < 4.78 is 0. The summed E-state index contributed by atoms with van der Waals surface area (Å²) in [6.07, 6.45) is 6.25. The summed E-state index contributed by atoms with van der Waals surface area (Å²) in [5.74, 6) is -0.885. The number of aryl methyl sites for hydroxylation is 2. The maximum Gasteiger partial charge on any atom is 0.206 e. The van der Waals surface area contributed by atoms with Crippen molar-refractivity contribution in [3.8, 4) is 0 Å². The molecular weight excluding hydrogens is 520 g/mol. The number of rotatable bonds is 7. The van der Waals surface area contributed by atoms with Gasteiger partial charge in [0.2, 0.25) is 5.78 Å². The Bertz CT molecular complexity index is 1280. The Hall–Kier alpha value is -2.46. The average Bonchev–Trinajstić information content (AvgIpc) is 2.97. The highest BCUT2D eigenvalue weighted by atomic mass is 16.3. The zero-order chi connectivity index (χ0) is 32.4. The van der Waals surface area contributed by atoms with Crippen LogP contribution in [0.5, 0.6) is 0 Å². The van der Waals surface area contributed by atoms with Crippen molar-refractivity contribution in [2.45, 2.75) is 134 Å². The molecule has 4 rings (SSSR count). The Morgan fingerprint density at radius 1 is 1.10 bits per heavy atom. The first-order valence-corrected chi connectivity index (χ1v) is 16.5. The lowest BCUT2D eigenvalue weighted by Gasteiger charge is -2.61. The molecule has 0 fully saturated rings. The van der Waals surface area contributed by atoms with Crippen LogP contribution in [0.1, 0.15) is 131 Å². The molecule has 4 heteroatoms. The molecule has 4 atom stereocenters. The van der Waals surface area contributed by atoms with Crippen LogP contribution in [0.4, 0.5) is 0 Å². The van der Waals surface area contributed by atoms with Gasteiger partial charge in [-0.2, -0.15) is 0 Å². The molecule has 0 aliphatic heterocycles. The first-order chi connectivity index (χ1) is 19.8. The van der Waals surface area contributed by atoms with Gasteiger partial charge < -0.3 is 10.2 Å². The summed E-state index contributed by atoms with van der Waals surface area (Å²) in [5, 5.41) is 24.3. The number of hydrogen-bond acceptors (Lipinski definition) is 4. The zero-order valence-electron chi connectivity index (χ0n) is 28.7. The van der Waals surface area contributed by atoms with Crippen LogP contribution in [-0.2, 0) is 22.4 Å². The van der Waals surface area contributed by atoms with E-state index >= 15 is 0 Å². The van der Waals surface area contributed by atoms with E-state index in [0.29, 0.717) is 35.5 Å². The highest BCUT2D eigenvalue weighted by Crippen LogP contribution is 2.66. The molecule has 0 saturated heterocycles. The third kappa shape index (κ3) is 5.16. The predicted molar refractivity (Wildman–Crippen MR) is 177 cm³/mol. The molecule has 234 valence electrons. The molecular formula is C38H58O4. The van der Waals surface area contributed by atoms with Crippen LogP contribution in [0.25, 0.3) is 5.57 Å². The summed E-state index contributed by atoms with van der Waals surface area (Å²) >= 11 is 0. The fraction of sp³-hybridized carbons (Fsp3) is 0.632. The van der Waals surface area contributed by atoms with Crippen molar-refractivity contribution in [3.63, 3.8) is 0 Å². The number of allylic oxidation sites excluding steroid dienone is 3. The third-order valence-electron chi connectivity index (χ3n) is 10.8. The van der Waals surface area contributed by atoms with E-state index in [1.807, 2.05) is 48.5 Å². The van der Waals surface area contributed by atoms with Crippen molar-refractivity contribution in [1.82, 2.24) is 0 Å². The van der Waals surface area contributed by atoms with Crippen LogP contribution in [0.2, 0.25) is 0 Å². The van der Waals surface area contributed by atoms with Gasteiger partial charge >= 0.3 is 0 Å². The van der Waals surface area contributed by atoms with Gasteiger partial charge in [-0.1, -0.05) is 99.4 Å². The number of carbonyl (C=O) groups is 2. The van der Waals surface area contributed by atoms with Gasteiger partial charge in [0.1, 0.15) is 5.76 Å². The second-order valence-electron chi connectivity index (χ2n) is 12.6. The number of benzene rings is 1. The average molecular weight is 579 g/mol. The summed E-state index contributed by atoms with van der Waals surface area (Å²) in [6.45, 7) is 28.4. The fourth-order valence-corrected chi connectivity index (χ4v) is 8.42. The maximum atomic E-state index is 14.0. The van der Waals surface area contributed by atoms with Gasteiger partial charge in [0.25, 0.3) is 0 Å². The number of carbonyl (C=O) groups excluding carboxylic acids is 2. The molecule has 0 amide bonds. The number of ketones is 2. The van der Waals surface area contributed by atoms with Gasteiger partial charge in [0, 0.05) is 16.4 Å². The lowest BCUT2D eigenvalue weighted by Crippen LogP contribution is -2.66. The second-order valence-corrected chi connectivity index (χ2v) is 12.6. The van der Waals surface area contributed by atoms with Crippen LogP contribution >= 0.6 is 0 Å².